The molecule has 3 aliphatic rings. The van der Waals surface area contributed by atoms with Crippen LogP contribution < -0.4 is 0 Å². The zero-order chi connectivity index (χ0) is 19.0. The van der Waals surface area contributed by atoms with Crippen LogP contribution in [0.1, 0.15) is 59.8 Å². The number of piperidine rings is 1. The SMILES string of the molecule is CC1C(C2(C)C=CC(C)(CN3CCC(C)(CC#N)CC3)CC2)=CSC1Cl. The maximum atomic E-state index is 9.04. The van der Waals surface area contributed by atoms with Crippen molar-refractivity contribution in [3.8, 4) is 6.07 Å². The van der Waals surface area contributed by atoms with Crippen molar-refractivity contribution in [2.24, 2.45) is 22.2 Å². The Morgan fingerprint density at radius 1 is 1.19 bits per heavy atom. The van der Waals surface area contributed by atoms with Crippen LogP contribution in [0.4, 0.5) is 0 Å². The lowest BCUT2D eigenvalue weighted by atomic mass is 9.65. The number of hydrogen-bond donors (Lipinski definition) is 0. The molecule has 4 heteroatoms. The number of rotatable bonds is 4. The van der Waals surface area contributed by atoms with Crippen molar-refractivity contribution in [3.63, 3.8) is 0 Å². The Bertz CT molecular complexity index is 629. The largest absolute Gasteiger partial charge is 0.302 e. The van der Waals surface area contributed by atoms with E-state index in [-0.39, 0.29) is 21.0 Å². The summed E-state index contributed by atoms with van der Waals surface area (Å²) in [6.45, 7) is 12.7. The molecular weight excluding hydrogens is 360 g/mol. The second-order valence-corrected chi connectivity index (χ2v) is 11.4. The average Bonchev–Trinajstić information content (AvgIpc) is 2.94. The normalized spacial score (nSPS) is 40.2. The Hall–Kier alpha value is -0.430. The quantitative estimate of drug-likeness (QED) is 0.421. The molecule has 0 spiro atoms. The molecule has 0 aromatic carbocycles. The molecule has 0 aromatic heterocycles. The van der Waals surface area contributed by atoms with Gasteiger partial charge in [-0.2, -0.15) is 5.26 Å². The van der Waals surface area contributed by atoms with E-state index in [1.807, 2.05) is 0 Å². The van der Waals surface area contributed by atoms with Gasteiger partial charge in [0.05, 0.1) is 10.8 Å². The van der Waals surface area contributed by atoms with Crippen LogP contribution in [0, 0.1) is 33.5 Å². The average molecular weight is 393 g/mol. The van der Waals surface area contributed by atoms with Gasteiger partial charge in [-0.15, -0.1) is 23.4 Å². The molecule has 1 saturated heterocycles. The summed E-state index contributed by atoms with van der Waals surface area (Å²) in [5, 5.41) is 11.4. The molecule has 1 aliphatic carbocycles. The van der Waals surface area contributed by atoms with E-state index in [1.54, 1.807) is 11.8 Å². The summed E-state index contributed by atoms with van der Waals surface area (Å²) in [4.78, 5) is 2.62. The molecule has 3 rings (SSSR count). The zero-order valence-corrected chi connectivity index (χ0v) is 18.3. The number of hydrogen-bond acceptors (Lipinski definition) is 3. The molecule has 26 heavy (non-hydrogen) atoms. The van der Waals surface area contributed by atoms with Crippen LogP contribution in [0.15, 0.2) is 23.1 Å². The first-order valence-electron chi connectivity index (χ1n) is 9.99. The van der Waals surface area contributed by atoms with Gasteiger partial charge in [0.2, 0.25) is 0 Å². The monoisotopic (exact) mass is 392 g/mol. The Morgan fingerprint density at radius 3 is 2.38 bits per heavy atom. The molecule has 2 aliphatic heterocycles. The first kappa shape index (κ1) is 20.3. The highest BCUT2D eigenvalue weighted by molar-refractivity contribution is 8.04. The van der Waals surface area contributed by atoms with Crippen molar-refractivity contribution < 1.29 is 0 Å². The number of halogens is 1. The third kappa shape index (κ3) is 4.18. The number of likely N-dealkylation sites (tertiary alicyclic amines) is 1. The first-order chi connectivity index (χ1) is 12.2. The molecule has 1 fully saturated rings. The first-order valence-corrected chi connectivity index (χ1v) is 11.4. The lowest BCUT2D eigenvalue weighted by molar-refractivity contribution is 0.0872. The van der Waals surface area contributed by atoms with Gasteiger partial charge in [0.15, 0.2) is 0 Å². The van der Waals surface area contributed by atoms with Crippen LogP contribution in [0.2, 0.25) is 0 Å². The Labute approximate surface area is 169 Å². The van der Waals surface area contributed by atoms with Gasteiger partial charge in [-0.3, -0.25) is 0 Å². The minimum atomic E-state index is 0.169. The van der Waals surface area contributed by atoms with Crippen molar-refractivity contribution >= 4 is 23.4 Å². The second kappa shape index (κ2) is 7.53. The van der Waals surface area contributed by atoms with Gasteiger partial charge in [-0.05, 0) is 60.6 Å². The van der Waals surface area contributed by atoms with Crippen LogP contribution in [0.3, 0.4) is 0 Å². The summed E-state index contributed by atoms with van der Waals surface area (Å²) in [6.07, 6.45) is 10.4. The fourth-order valence-corrected chi connectivity index (χ4v) is 6.19. The lowest BCUT2D eigenvalue weighted by Gasteiger charge is -2.45. The van der Waals surface area contributed by atoms with Gasteiger partial charge in [0, 0.05) is 24.3 Å². The molecule has 0 radical (unpaired) electrons. The highest BCUT2D eigenvalue weighted by Crippen LogP contribution is 2.52. The molecule has 2 nitrogen and oxygen atoms in total. The summed E-state index contributed by atoms with van der Waals surface area (Å²) < 4.78 is 0.194. The second-order valence-electron chi connectivity index (χ2n) is 9.68. The third-order valence-electron chi connectivity index (χ3n) is 7.09. The Balaban J connectivity index is 1.60. The smallest absolute Gasteiger partial charge is 0.0892 e. The van der Waals surface area contributed by atoms with E-state index in [4.69, 9.17) is 16.9 Å². The number of thioether (sulfide) groups is 1. The minimum Gasteiger partial charge on any atom is -0.302 e. The summed E-state index contributed by atoms with van der Waals surface area (Å²) in [7, 11) is 0. The highest BCUT2D eigenvalue weighted by Gasteiger charge is 2.41. The van der Waals surface area contributed by atoms with Crippen molar-refractivity contribution in [1.82, 2.24) is 4.90 Å². The van der Waals surface area contributed by atoms with Gasteiger partial charge < -0.3 is 4.90 Å². The highest BCUT2D eigenvalue weighted by atomic mass is 35.5. The fourth-order valence-electron chi connectivity index (χ4n) is 4.76. The van der Waals surface area contributed by atoms with Crippen LogP contribution in [0.5, 0.6) is 0 Å². The molecule has 0 bridgehead atoms. The van der Waals surface area contributed by atoms with Crippen molar-refractivity contribution in [1.29, 1.82) is 5.26 Å². The topological polar surface area (TPSA) is 27.0 Å². The van der Waals surface area contributed by atoms with E-state index in [1.165, 1.54) is 18.4 Å². The Morgan fingerprint density at radius 2 is 1.88 bits per heavy atom. The number of allylic oxidation sites excluding steroid dienone is 2. The maximum Gasteiger partial charge on any atom is 0.0892 e. The summed E-state index contributed by atoms with van der Waals surface area (Å²) >= 11 is 8.20. The molecule has 2 heterocycles. The Kier molecular flexibility index (Phi) is 5.88. The fraction of sp³-hybridized carbons (Fsp3) is 0.773. The molecular formula is C22H33ClN2S. The van der Waals surface area contributed by atoms with Crippen LogP contribution in [-0.4, -0.2) is 29.2 Å². The number of nitriles is 1. The van der Waals surface area contributed by atoms with E-state index in [9.17, 15) is 0 Å². The molecule has 0 amide bonds. The van der Waals surface area contributed by atoms with Gasteiger partial charge in [0.25, 0.3) is 0 Å². The van der Waals surface area contributed by atoms with E-state index in [0.717, 1.165) is 32.5 Å². The third-order valence-corrected chi connectivity index (χ3v) is 8.84. The molecule has 144 valence electrons. The molecule has 0 saturated carbocycles. The van der Waals surface area contributed by atoms with Crippen LogP contribution in [0.25, 0.3) is 0 Å². The predicted molar refractivity (Wildman–Crippen MR) is 113 cm³/mol. The zero-order valence-electron chi connectivity index (χ0n) is 16.7. The predicted octanol–water partition coefficient (Wildman–Crippen LogP) is 6.20. The summed E-state index contributed by atoms with van der Waals surface area (Å²) in [5.41, 5.74) is 2.18. The van der Waals surface area contributed by atoms with E-state index in [0.29, 0.717) is 12.3 Å². The van der Waals surface area contributed by atoms with Gasteiger partial charge in [-0.25, -0.2) is 0 Å². The molecule has 4 unspecified atom stereocenters. The van der Waals surface area contributed by atoms with Crippen molar-refractivity contribution in [3.05, 3.63) is 23.1 Å². The lowest BCUT2D eigenvalue weighted by Crippen LogP contribution is -2.44. The molecule has 4 atom stereocenters. The summed E-state index contributed by atoms with van der Waals surface area (Å²) in [5.74, 6) is 0.459. The standard InChI is InChI=1S/C22H33ClN2S/c1-17-18(15-26-19(17)23)22(4)7-5-21(3,6-8-22)16-25-13-10-20(2,9-12-24)11-14-25/h5,7,15,17,19H,6,8-11,13-14,16H2,1-4H3. The van der Waals surface area contributed by atoms with Crippen LogP contribution >= 0.6 is 23.4 Å². The van der Waals surface area contributed by atoms with Gasteiger partial charge in [0.1, 0.15) is 0 Å². The minimum absolute atomic E-state index is 0.169. The molecule has 0 N–H and O–H groups in total. The van der Waals surface area contributed by atoms with Crippen LogP contribution in [-0.2, 0) is 0 Å². The van der Waals surface area contributed by atoms with Crippen molar-refractivity contribution in [2.75, 3.05) is 19.6 Å². The van der Waals surface area contributed by atoms with E-state index < -0.39 is 0 Å². The number of nitrogens with zero attached hydrogens (tertiary/aromatic N) is 2. The maximum absolute atomic E-state index is 9.04. The molecule has 0 aromatic rings. The number of alkyl halides is 1. The van der Waals surface area contributed by atoms with Gasteiger partial charge in [-0.1, -0.05) is 39.8 Å². The van der Waals surface area contributed by atoms with Crippen molar-refractivity contribution in [2.45, 2.75) is 64.5 Å². The summed E-state index contributed by atoms with van der Waals surface area (Å²) in [6, 6.07) is 2.38. The van der Waals surface area contributed by atoms with E-state index >= 15 is 0 Å². The van der Waals surface area contributed by atoms with E-state index in [2.05, 4.69) is 56.2 Å². The van der Waals surface area contributed by atoms with Gasteiger partial charge >= 0.3 is 0 Å².